The molecular weight excluding hydrogens is 344 g/mol. The van der Waals surface area contributed by atoms with Crippen molar-refractivity contribution in [2.75, 3.05) is 17.4 Å². The van der Waals surface area contributed by atoms with Crippen LogP contribution in [0.4, 0.5) is 17.3 Å². The Kier molecular flexibility index (Phi) is 4.33. The average Bonchev–Trinajstić information content (AvgIpc) is 3.14. The molecule has 7 nitrogen and oxygen atoms in total. The van der Waals surface area contributed by atoms with E-state index in [0.717, 1.165) is 5.69 Å². The van der Waals surface area contributed by atoms with Gasteiger partial charge in [-0.25, -0.2) is 0 Å². The quantitative estimate of drug-likeness (QED) is 0.734. The number of hydrogen-bond donors (Lipinski definition) is 2. The Morgan fingerprint density at radius 3 is 2.44 bits per heavy atom. The third-order valence-corrected chi connectivity index (χ3v) is 4.32. The molecule has 1 aliphatic heterocycles. The van der Waals surface area contributed by atoms with Crippen molar-refractivity contribution in [3.05, 3.63) is 65.2 Å². The van der Waals surface area contributed by atoms with Crippen LogP contribution in [0.5, 0.6) is 11.5 Å². The topological polar surface area (TPSA) is 85.4 Å². The summed E-state index contributed by atoms with van der Waals surface area (Å²) in [5, 5.41) is 14.1. The van der Waals surface area contributed by atoms with Crippen molar-refractivity contribution < 1.29 is 14.3 Å². The molecule has 0 atom stereocenters. The van der Waals surface area contributed by atoms with Gasteiger partial charge in [-0.3, -0.25) is 4.79 Å². The van der Waals surface area contributed by atoms with Gasteiger partial charge in [0.2, 0.25) is 6.79 Å². The number of nitrogens with zero attached hydrogens (tertiary/aromatic N) is 2. The van der Waals surface area contributed by atoms with Gasteiger partial charge in [0.1, 0.15) is 0 Å². The first-order chi connectivity index (χ1) is 13.1. The highest BCUT2D eigenvalue weighted by atomic mass is 16.7. The van der Waals surface area contributed by atoms with E-state index >= 15 is 0 Å². The summed E-state index contributed by atoms with van der Waals surface area (Å²) >= 11 is 0. The molecule has 0 unspecified atom stereocenters. The lowest BCUT2D eigenvalue weighted by Gasteiger charge is -2.09. The largest absolute Gasteiger partial charge is 0.454 e. The second kappa shape index (κ2) is 6.95. The second-order valence-electron chi connectivity index (χ2n) is 6.25. The zero-order valence-electron chi connectivity index (χ0n) is 14.9. The number of benzene rings is 2. The van der Waals surface area contributed by atoms with Gasteiger partial charge >= 0.3 is 0 Å². The van der Waals surface area contributed by atoms with E-state index in [-0.39, 0.29) is 12.7 Å². The number of aromatic nitrogens is 2. The van der Waals surface area contributed by atoms with E-state index in [2.05, 4.69) is 34.7 Å². The van der Waals surface area contributed by atoms with Gasteiger partial charge in [-0.1, -0.05) is 6.07 Å². The van der Waals surface area contributed by atoms with Gasteiger partial charge in [-0.05, 0) is 67.4 Å². The number of carbonyl (C=O) groups excluding carboxylic acids is 1. The zero-order chi connectivity index (χ0) is 18.8. The number of rotatable bonds is 4. The fraction of sp³-hybridized carbons (Fsp3) is 0.150. The lowest BCUT2D eigenvalue weighted by molar-refractivity contribution is 0.102. The zero-order valence-corrected chi connectivity index (χ0v) is 14.9. The lowest BCUT2D eigenvalue weighted by atomic mass is 10.1. The summed E-state index contributed by atoms with van der Waals surface area (Å²) in [6.07, 6.45) is 0. The van der Waals surface area contributed by atoms with Gasteiger partial charge in [-0.15, -0.1) is 10.2 Å². The molecule has 2 heterocycles. The van der Waals surface area contributed by atoms with Crippen LogP contribution in [0, 0.1) is 13.8 Å². The highest BCUT2D eigenvalue weighted by Crippen LogP contribution is 2.32. The molecule has 2 aromatic carbocycles. The maximum atomic E-state index is 12.4. The Morgan fingerprint density at radius 1 is 0.889 bits per heavy atom. The monoisotopic (exact) mass is 362 g/mol. The summed E-state index contributed by atoms with van der Waals surface area (Å²) < 4.78 is 10.5. The van der Waals surface area contributed by atoms with Crippen LogP contribution < -0.4 is 20.1 Å². The maximum Gasteiger partial charge on any atom is 0.257 e. The Labute approximate surface area is 156 Å². The average molecular weight is 362 g/mol. The summed E-state index contributed by atoms with van der Waals surface area (Å²) in [5.41, 5.74) is 3.82. The molecule has 3 aromatic rings. The number of aryl methyl sites for hydroxylation is 2. The second-order valence-corrected chi connectivity index (χ2v) is 6.25. The van der Waals surface area contributed by atoms with E-state index in [0.29, 0.717) is 28.7 Å². The van der Waals surface area contributed by atoms with Crippen molar-refractivity contribution in [3.63, 3.8) is 0 Å². The Hall–Kier alpha value is -3.61. The van der Waals surface area contributed by atoms with Gasteiger partial charge in [0.05, 0.1) is 0 Å². The molecule has 0 saturated carbocycles. The minimum atomic E-state index is -0.294. The van der Waals surface area contributed by atoms with E-state index < -0.39 is 0 Å². The van der Waals surface area contributed by atoms with Crippen molar-refractivity contribution >= 4 is 23.2 Å². The van der Waals surface area contributed by atoms with Crippen molar-refractivity contribution in [3.8, 4) is 11.5 Å². The first kappa shape index (κ1) is 16.8. The molecule has 0 aliphatic carbocycles. The highest BCUT2D eigenvalue weighted by molar-refractivity contribution is 6.04. The van der Waals surface area contributed by atoms with Gasteiger partial charge in [0, 0.05) is 11.3 Å². The number of anilines is 3. The van der Waals surface area contributed by atoms with Crippen LogP contribution in [0.15, 0.2) is 48.5 Å². The fourth-order valence-electron chi connectivity index (χ4n) is 2.66. The van der Waals surface area contributed by atoms with E-state index in [1.54, 1.807) is 30.3 Å². The Morgan fingerprint density at radius 2 is 1.67 bits per heavy atom. The normalized spacial score (nSPS) is 11.9. The molecule has 4 rings (SSSR count). The summed E-state index contributed by atoms with van der Waals surface area (Å²) in [7, 11) is 0. The number of amides is 1. The molecule has 27 heavy (non-hydrogen) atoms. The van der Waals surface area contributed by atoms with Gasteiger partial charge in [0.25, 0.3) is 5.91 Å². The molecule has 0 fully saturated rings. The standard InChI is InChI=1S/C20H18N4O3/c1-12-3-5-15(9-13(12)2)21-18-7-8-19(24-23-18)22-20(25)14-4-6-16-17(10-14)27-11-26-16/h3-10H,11H2,1-2H3,(H,21,23)(H,22,24,25). The predicted molar refractivity (Wildman–Crippen MR) is 102 cm³/mol. The summed E-state index contributed by atoms with van der Waals surface area (Å²) in [4.78, 5) is 12.4. The summed E-state index contributed by atoms with van der Waals surface area (Å²) in [5.74, 6) is 1.86. The van der Waals surface area contributed by atoms with E-state index in [9.17, 15) is 4.79 Å². The molecule has 0 radical (unpaired) electrons. The van der Waals surface area contributed by atoms with Crippen molar-refractivity contribution in [1.82, 2.24) is 10.2 Å². The number of ether oxygens (including phenoxy) is 2. The molecule has 0 spiro atoms. The molecular formula is C20H18N4O3. The van der Waals surface area contributed by atoms with Crippen LogP contribution in [-0.4, -0.2) is 22.9 Å². The van der Waals surface area contributed by atoms with Gasteiger partial charge in [0.15, 0.2) is 23.1 Å². The van der Waals surface area contributed by atoms with Crippen LogP contribution >= 0.6 is 0 Å². The smallest absolute Gasteiger partial charge is 0.257 e. The number of carbonyl (C=O) groups is 1. The minimum Gasteiger partial charge on any atom is -0.454 e. The highest BCUT2D eigenvalue weighted by Gasteiger charge is 2.16. The Balaban J connectivity index is 1.43. The van der Waals surface area contributed by atoms with Crippen LogP contribution in [-0.2, 0) is 0 Å². The summed E-state index contributed by atoms with van der Waals surface area (Å²) in [6, 6.07) is 14.6. The molecule has 0 bridgehead atoms. The van der Waals surface area contributed by atoms with E-state index in [1.165, 1.54) is 11.1 Å². The predicted octanol–water partition coefficient (Wildman–Crippen LogP) is 3.82. The number of hydrogen-bond acceptors (Lipinski definition) is 6. The fourth-order valence-corrected chi connectivity index (χ4v) is 2.66. The van der Waals surface area contributed by atoms with Gasteiger partial charge < -0.3 is 20.1 Å². The SMILES string of the molecule is Cc1ccc(Nc2ccc(NC(=O)c3ccc4c(c3)OCO4)nn2)cc1C. The van der Waals surface area contributed by atoms with Crippen LogP contribution in [0.3, 0.4) is 0 Å². The molecule has 1 aliphatic rings. The van der Waals surface area contributed by atoms with Crippen LogP contribution in [0.2, 0.25) is 0 Å². The maximum absolute atomic E-state index is 12.4. The molecule has 1 amide bonds. The first-order valence-corrected chi connectivity index (χ1v) is 8.47. The first-order valence-electron chi connectivity index (χ1n) is 8.47. The lowest BCUT2D eigenvalue weighted by Crippen LogP contribution is -2.13. The molecule has 2 N–H and O–H groups in total. The molecule has 1 aromatic heterocycles. The third-order valence-electron chi connectivity index (χ3n) is 4.32. The number of fused-ring (bicyclic) bond motifs is 1. The molecule has 136 valence electrons. The third kappa shape index (κ3) is 3.67. The van der Waals surface area contributed by atoms with Crippen molar-refractivity contribution in [2.45, 2.75) is 13.8 Å². The van der Waals surface area contributed by atoms with Crippen LogP contribution in [0.1, 0.15) is 21.5 Å². The Bertz CT molecular complexity index is 1000. The van der Waals surface area contributed by atoms with Gasteiger partial charge in [-0.2, -0.15) is 0 Å². The summed E-state index contributed by atoms with van der Waals surface area (Å²) in [6.45, 7) is 4.29. The molecule has 0 saturated heterocycles. The van der Waals surface area contributed by atoms with Crippen LogP contribution in [0.25, 0.3) is 0 Å². The van der Waals surface area contributed by atoms with E-state index in [1.807, 2.05) is 18.2 Å². The van der Waals surface area contributed by atoms with E-state index in [4.69, 9.17) is 9.47 Å². The molecule has 7 heteroatoms. The van der Waals surface area contributed by atoms with Crippen molar-refractivity contribution in [1.29, 1.82) is 0 Å². The minimum absolute atomic E-state index is 0.168. The number of nitrogens with one attached hydrogen (secondary N) is 2. The van der Waals surface area contributed by atoms with Crippen molar-refractivity contribution in [2.24, 2.45) is 0 Å².